The lowest BCUT2D eigenvalue weighted by Gasteiger charge is -2.19. The third-order valence-electron chi connectivity index (χ3n) is 2.35. The van der Waals surface area contributed by atoms with Gasteiger partial charge in [-0.3, -0.25) is 13.8 Å². The Kier molecular flexibility index (Phi) is 4.01. The fourth-order valence-electron chi connectivity index (χ4n) is 1.50. The summed E-state index contributed by atoms with van der Waals surface area (Å²) in [5.41, 5.74) is 1.27. The fourth-order valence-corrected chi connectivity index (χ4v) is 2.06. The third-order valence-corrected chi connectivity index (χ3v) is 3.07. The second kappa shape index (κ2) is 5.70. The van der Waals surface area contributed by atoms with Crippen LogP contribution in [-0.4, -0.2) is 13.7 Å². The Balaban J connectivity index is 2.24. The van der Waals surface area contributed by atoms with Crippen molar-refractivity contribution in [1.29, 1.82) is 0 Å². The highest BCUT2D eigenvalue weighted by Gasteiger charge is 2.13. The Morgan fingerprint density at radius 3 is 2.56 bits per heavy atom. The van der Waals surface area contributed by atoms with Crippen molar-refractivity contribution < 1.29 is 13.2 Å². The molecule has 1 aromatic carbocycles. The van der Waals surface area contributed by atoms with E-state index in [1.807, 2.05) is 0 Å². The number of pyridine rings is 1. The van der Waals surface area contributed by atoms with Crippen LogP contribution in [0.4, 0.5) is 10.1 Å². The molecule has 1 N–H and O–H groups in total. The summed E-state index contributed by atoms with van der Waals surface area (Å²) in [4.78, 5) is 3.94. The smallest absolute Gasteiger partial charge is 0.262 e. The zero-order chi connectivity index (χ0) is 13.0. The molecule has 2 rings (SSSR count). The van der Waals surface area contributed by atoms with Crippen LogP contribution in [0.1, 0.15) is 5.56 Å². The molecule has 0 amide bonds. The SMILES string of the molecule is O=S(O)N(Cc1cccnc1)c1ccc(F)cc1. The van der Waals surface area contributed by atoms with Gasteiger partial charge in [-0.2, -0.15) is 0 Å². The van der Waals surface area contributed by atoms with Gasteiger partial charge in [0.2, 0.25) is 0 Å². The van der Waals surface area contributed by atoms with Crippen LogP contribution in [0.25, 0.3) is 0 Å². The topological polar surface area (TPSA) is 53.4 Å². The van der Waals surface area contributed by atoms with E-state index < -0.39 is 11.3 Å². The van der Waals surface area contributed by atoms with Crippen LogP contribution in [-0.2, 0) is 17.8 Å². The first-order chi connectivity index (χ1) is 8.66. The number of nitrogens with zero attached hydrogens (tertiary/aromatic N) is 2. The van der Waals surface area contributed by atoms with Crippen molar-refractivity contribution in [3.05, 3.63) is 60.2 Å². The number of aromatic nitrogens is 1. The van der Waals surface area contributed by atoms with Crippen molar-refractivity contribution in [2.45, 2.75) is 6.54 Å². The van der Waals surface area contributed by atoms with Gasteiger partial charge in [-0.25, -0.2) is 8.60 Å². The van der Waals surface area contributed by atoms with E-state index in [9.17, 15) is 13.2 Å². The molecule has 0 aliphatic heterocycles. The Bertz CT molecular complexity index is 534. The van der Waals surface area contributed by atoms with E-state index in [1.54, 1.807) is 24.5 Å². The van der Waals surface area contributed by atoms with Gasteiger partial charge in [-0.05, 0) is 35.9 Å². The molecule has 18 heavy (non-hydrogen) atoms. The van der Waals surface area contributed by atoms with Gasteiger partial charge in [0.05, 0.1) is 12.2 Å². The normalized spacial score (nSPS) is 12.1. The van der Waals surface area contributed by atoms with Crippen LogP contribution in [0.5, 0.6) is 0 Å². The van der Waals surface area contributed by atoms with E-state index in [0.717, 1.165) is 5.56 Å². The second-order valence-electron chi connectivity index (χ2n) is 3.61. The first-order valence-electron chi connectivity index (χ1n) is 5.20. The minimum Gasteiger partial charge on any atom is -0.289 e. The lowest BCUT2D eigenvalue weighted by molar-refractivity contribution is 0.558. The van der Waals surface area contributed by atoms with Crippen LogP contribution in [0.3, 0.4) is 0 Å². The van der Waals surface area contributed by atoms with E-state index in [2.05, 4.69) is 4.98 Å². The quantitative estimate of drug-likeness (QED) is 0.864. The Morgan fingerprint density at radius 1 is 1.28 bits per heavy atom. The minimum absolute atomic E-state index is 0.225. The van der Waals surface area contributed by atoms with Crippen LogP contribution in [0.2, 0.25) is 0 Å². The predicted molar refractivity (Wildman–Crippen MR) is 67.6 cm³/mol. The molecule has 2 aromatic rings. The number of rotatable bonds is 4. The number of hydrogen-bond donors (Lipinski definition) is 1. The van der Waals surface area contributed by atoms with Crippen molar-refractivity contribution in [1.82, 2.24) is 4.98 Å². The lowest BCUT2D eigenvalue weighted by Crippen LogP contribution is -2.24. The Morgan fingerprint density at radius 2 is 2.00 bits per heavy atom. The molecule has 6 heteroatoms. The molecule has 0 saturated carbocycles. The average Bonchev–Trinajstić information content (AvgIpc) is 2.38. The molecule has 1 atom stereocenters. The predicted octanol–water partition coefficient (Wildman–Crippen LogP) is 2.36. The summed E-state index contributed by atoms with van der Waals surface area (Å²) in [7, 11) is 0. The van der Waals surface area contributed by atoms with Gasteiger partial charge in [-0.1, -0.05) is 6.07 Å². The van der Waals surface area contributed by atoms with Gasteiger partial charge in [0, 0.05) is 12.4 Å². The van der Waals surface area contributed by atoms with Crippen molar-refractivity contribution >= 4 is 17.0 Å². The monoisotopic (exact) mass is 266 g/mol. The van der Waals surface area contributed by atoms with Gasteiger partial charge >= 0.3 is 0 Å². The first-order valence-corrected chi connectivity index (χ1v) is 6.26. The van der Waals surface area contributed by atoms with Gasteiger partial charge in [-0.15, -0.1) is 0 Å². The summed E-state index contributed by atoms with van der Waals surface area (Å²) in [6.07, 6.45) is 3.24. The van der Waals surface area contributed by atoms with Gasteiger partial charge in [0.25, 0.3) is 11.3 Å². The number of halogens is 1. The second-order valence-corrected chi connectivity index (χ2v) is 4.51. The maximum Gasteiger partial charge on any atom is 0.262 e. The van der Waals surface area contributed by atoms with Gasteiger partial charge < -0.3 is 0 Å². The van der Waals surface area contributed by atoms with Crippen LogP contribution in [0, 0.1) is 5.82 Å². The molecular weight excluding hydrogens is 255 g/mol. The molecule has 1 unspecified atom stereocenters. The van der Waals surface area contributed by atoms with E-state index in [-0.39, 0.29) is 12.4 Å². The maximum atomic E-state index is 12.8. The lowest BCUT2D eigenvalue weighted by atomic mass is 10.2. The summed E-state index contributed by atoms with van der Waals surface area (Å²) in [6, 6.07) is 8.96. The van der Waals surface area contributed by atoms with Crippen LogP contribution < -0.4 is 4.31 Å². The van der Waals surface area contributed by atoms with Gasteiger partial charge in [0.1, 0.15) is 5.82 Å². The largest absolute Gasteiger partial charge is 0.289 e. The standard InChI is InChI=1S/C12H11FN2O2S/c13-11-3-5-12(6-4-11)15(18(16)17)9-10-2-1-7-14-8-10/h1-8H,9H2,(H,16,17). The molecular formula is C12H11FN2O2S. The van der Waals surface area contributed by atoms with E-state index >= 15 is 0 Å². The summed E-state index contributed by atoms with van der Waals surface area (Å²) >= 11 is -2.18. The zero-order valence-electron chi connectivity index (χ0n) is 9.36. The number of anilines is 1. The summed E-state index contributed by atoms with van der Waals surface area (Å²) < 4.78 is 34.6. The van der Waals surface area contributed by atoms with E-state index in [0.29, 0.717) is 5.69 Å². The highest BCUT2D eigenvalue weighted by atomic mass is 32.2. The molecule has 0 fully saturated rings. The summed E-state index contributed by atoms with van der Waals surface area (Å²) in [5, 5.41) is 0. The van der Waals surface area contributed by atoms with E-state index in [1.165, 1.54) is 28.6 Å². The zero-order valence-corrected chi connectivity index (χ0v) is 10.2. The molecule has 0 saturated heterocycles. The molecule has 1 aromatic heterocycles. The highest BCUT2D eigenvalue weighted by molar-refractivity contribution is 7.80. The van der Waals surface area contributed by atoms with Crippen molar-refractivity contribution in [2.24, 2.45) is 0 Å². The minimum atomic E-state index is -2.18. The fraction of sp³-hybridized carbons (Fsp3) is 0.0833. The molecule has 0 aliphatic rings. The molecule has 1 heterocycles. The number of benzene rings is 1. The average molecular weight is 266 g/mol. The summed E-state index contributed by atoms with van der Waals surface area (Å²) in [5.74, 6) is -0.385. The first kappa shape index (κ1) is 12.7. The molecule has 0 spiro atoms. The summed E-state index contributed by atoms with van der Waals surface area (Å²) in [6.45, 7) is 0.225. The van der Waals surface area contributed by atoms with Crippen molar-refractivity contribution in [3.63, 3.8) is 0 Å². The molecule has 4 nitrogen and oxygen atoms in total. The Hall–Kier alpha value is -1.79. The molecule has 0 aliphatic carbocycles. The van der Waals surface area contributed by atoms with Crippen LogP contribution in [0.15, 0.2) is 48.8 Å². The molecule has 94 valence electrons. The molecule has 0 radical (unpaired) electrons. The third kappa shape index (κ3) is 3.12. The van der Waals surface area contributed by atoms with Crippen molar-refractivity contribution in [3.8, 4) is 0 Å². The maximum absolute atomic E-state index is 12.8. The highest BCUT2D eigenvalue weighted by Crippen LogP contribution is 2.18. The van der Waals surface area contributed by atoms with Crippen molar-refractivity contribution in [2.75, 3.05) is 4.31 Å². The van der Waals surface area contributed by atoms with Gasteiger partial charge in [0.15, 0.2) is 0 Å². The van der Waals surface area contributed by atoms with E-state index in [4.69, 9.17) is 0 Å². The number of hydrogen-bond acceptors (Lipinski definition) is 2. The van der Waals surface area contributed by atoms with Crippen LogP contribution >= 0.6 is 0 Å². The Labute approximate surface area is 107 Å². The molecule has 0 bridgehead atoms.